The van der Waals surface area contributed by atoms with Gasteiger partial charge in [0.05, 0.1) is 17.1 Å². The summed E-state index contributed by atoms with van der Waals surface area (Å²) in [5, 5.41) is 9.61. The lowest BCUT2D eigenvalue weighted by atomic mass is 10.0. The fraction of sp³-hybridized carbons (Fsp3) is 0.333. The Morgan fingerprint density at radius 1 is 1.12 bits per heavy atom. The van der Waals surface area contributed by atoms with Crippen molar-refractivity contribution >= 4 is 16.9 Å². The van der Waals surface area contributed by atoms with Crippen LogP contribution in [0.5, 0.6) is 0 Å². The highest BCUT2D eigenvalue weighted by molar-refractivity contribution is 5.78. The summed E-state index contributed by atoms with van der Waals surface area (Å²) >= 11 is 0. The maximum Gasteiger partial charge on any atom is 0.224 e. The lowest BCUT2D eigenvalue weighted by molar-refractivity contribution is -0.132. The van der Waals surface area contributed by atoms with E-state index < -0.39 is 0 Å². The van der Waals surface area contributed by atoms with Gasteiger partial charge in [-0.2, -0.15) is 0 Å². The first-order valence-corrected chi connectivity index (χ1v) is 9.17. The molecule has 1 aromatic heterocycles. The summed E-state index contributed by atoms with van der Waals surface area (Å²) < 4.78 is 1.96. The smallest absolute Gasteiger partial charge is 0.224 e. The van der Waals surface area contributed by atoms with Gasteiger partial charge in [0.2, 0.25) is 5.91 Å². The van der Waals surface area contributed by atoms with Crippen molar-refractivity contribution in [3.05, 3.63) is 66.0 Å². The third-order valence-electron chi connectivity index (χ3n) is 5.18. The summed E-state index contributed by atoms with van der Waals surface area (Å²) in [6, 6.07) is 18.2. The van der Waals surface area contributed by atoms with Crippen LogP contribution in [0.15, 0.2) is 54.6 Å². The van der Waals surface area contributed by atoms with Crippen LogP contribution in [0.4, 0.5) is 0 Å². The molecule has 4 rings (SSSR count). The number of aliphatic hydroxyl groups excluding tert-OH is 1. The number of hydrogen-bond acceptors (Lipinski definition) is 3. The van der Waals surface area contributed by atoms with E-state index in [1.807, 2.05) is 51.9 Å². The molecule has 1 fully saturated rings. The van der Waals surface area contributed by atoms with Crippen LogP contribution in [0.2, 0.25) is 0 Å². The van der Waals surface area contributed by atoms with Gasteiger partial charge in [0.1, 0.15) is 12.4 Å². The third-order valence-corrected chi connectivity index (χ3v) is 5.18. The third kappa shape index (κ3) is 3.10. The molecule has 0 spiro atoms. The number of imidazole rings is 1. The molecule has 0 radical (unpaired) electrons. The molecule has 3 aromatic rings. The van der Waals surface area contributed by atoms with Crippen molar-refractivity contribution in [3.8, 4) is 0 Å². The van der Waals surface area contributed by atoms with Crippen molar-refractivity contribution in [1.29, 1.82) is 0 Å². The van der Waals surface area contributed by atoms with Crippen LogP contribution in [0, 0.1) is 0 Å². The molecule has 1 atom stereocenters. The molecule has 134 valence electrons. The highest BCUT2D eigenvalue weighted by Crippen LogP contribution is 2.32. The number of fused-ring (bicyclic) bond motifs is 1. The molecule has 0 saturated carbocycles. The fourth-order valence-electron chi connectivity index (χ4n) is 3.93. The Kier molecular flexibility index (Phi) is 4.71. The molecular formula is C21H23N3O2. The molecule has 1 aliphatic rings. The van der Waals surface area contributed by atoms with Crippen LogP contribution < -0.4 is 0 Å². The highest BCUT2D eigenvalue weighted by Gasteiger charge is 2.29. The van der Waals surface area contributed by atoms with Crippen molar-refractivity contribution < 1.29 is 9.90 Å². The minimum absolute atomic E-state index is 0.126. The van der Waals surface area contributed by atoms with Gasteiger partial charge in [0.15, 0.2) is 0 Å². The van der Waals surface area contributed by atoms with E-state index in [9.17, 15) is 9.90 Å². The Morgan fingerprint density at radius 2 is 1.88 bits per heavy atom. The average Bonchev–Trinajstić information content (AvgIpc) is 3.31. The molecule has 1 amide bonds. The second-order valence-electron chi connectivity index (χ2n) is 6.73. The number of aryl methyl sites for hydroxylation is 1. The van der Waals surface area contributed by atoms with Crippen LogP contribution in [0.25, 0.3) is 11.0 Å². The van der Waals surface area contributed by atoms with E-state index >= 15 is 0 Å². The number of aliphatic hydroxyl groups is 1. The zero-order chi connectivity index (χ0) is 17.9. The monoisotopic (exact) mass is 349 g/mol. The molecule has 1 unspecified atom stereocenters. The molecule has 2 heterocycles. The number of benzene rings is 2. The SMILES string of the molecule is O=C(CCn1c(CO)nc2ccccc21)N1CCCC1c1ccccc1. The zero-order valence-corrected chi connectivity index (χ0v) is 14.7. The Labute approximate surface area is 152 Å². The van der Waals surface area contributed by atoms with Crippen LogP contribution in [-0.4, -0.2) is 32.0 Å². The number of para-hydroxylation sites is 2. The average molecular weight is 349 g/mol. The van der Waals surface area contributed by atoms with Gasteiger partial charge in [-0.1, -0.05) is 42.5 Å². The lowest BCUT2D eigenvalue weighted by Gasteiger charge is -2.25. The van der Waals surface area contributed by atoms with Crippen molar-refractivity contribution in [1.82, 2.24) is 14.5 Å². The van der Waals surface area contributed by atoms with Crippen molar-refractivity contribution in [3.63, 3.8) is 0 Å². The standard InChI is InChI=1S/C21H23N3O2/c25-15-20-22-17-9-4-5-10-19(17)23(20)14-12-21(26)24-13-6-11-18(24)16-7-2-1-3-8-16/h1-5,7-10,18,25H,6,11-15H2. The molecule has 5 heteroatoms. The van der Waals surface area contributed by atoms with E-state index in [1.165, 1.54) is 5.56 Å². The molecule has 1 N–H and O–H groups in total. The number of nitrogens with zero attached hydrogens (tertiary/aromatic N) is 3. The number of rotatable bonds is 5. The second-order valence-corrected chi connectivity index (χ2v) is 6.73. The summed E-state index contributed by atoms with van der Waals surface area (Å²) in [5.41, 5.74) is 3.03. The molecule has 26 heavy (non-hydrogen) atoms. The van der Waals surface area contributed by atoms with Gasteiger partial charge in [0.25, 0.3) is 0 Å². The molecule has 1 saturated heterocycles. The molecular weight excluding hydrogens is 326 g/mol. The number of amides is 1. The Hall–Kier alpha value is -2.66. The summed E-state index contributed by atoms with van der Waals surface area (Å²) in [6.45, 7) is 1.22. The summed E-state index contributed by atoms with van der Waals surface area (Å²) in [6.07, 6.45) is 2.48. The Morgan fingerprint density at radius 3 is 2.69 bits per heavy atom. The van der Waals surface area contributed by atoms with Crippen molar-refractivity contribution in [2.45, 2.75) is 38.5 Å². The summed E-state index contributed by atoms with van der Waals surface area (Å²) in [7, 11) is 0. The first-order chi connectivity index (χ1) is 12.8. The summed E-state index contributed by atoms with van der Waals surface area (Å²) in [4.78, 5) is 19.4. The van der Waals surface area contributed by atoms with Gasteiger partial charge in [-0.3, -0.25) is 4.79 Å². The zero-order valence-electron chi connectivity index (χ0n) is 14.7. The van der Waals surface area contributed by atoms with E-state index in [0.717, 1.165) is 30.4 Å². The van der Waals surface area contributed by atoms with E-state index in [2.05, 4.69) is 17.1 Å². The van der Waals surface area contributed by atoms with Gasteiger partial charge < -0.3 is 14.6 Å². The molecule has 5 nitrogen and oxygen atoms in total. The van der Waals surface area contributed by atoms with Crippen LogP contribution in [0.3, 0.4) is 0 Å². The first-order valence-electron chi connectivity index (χ1n) is 9.17. The fourth-order valence-corrected chi connectivity index (χ4v) is 3.93. The maximum absolute atomic E-state index is 12.9. The van der Waals surface area contributed by atoms with Crippen LogP contribution in [-0.2, 0) is 17.9 Å². The predicted octanol–water partition coefficient (Wildman–Crippen LogP) is 3.28. The second kappa shape index (κ2) is 7.30. The number of carbonyl (C=O) groups is 1. The van der Waals surface area contributed by atoms with Gasteiger partial charge in [-0.15, -0.1) is 0 Å². The summed E-state index contributed by atoms with van der Waals surface area (Å²) in [5.74, 6) is 0.776. The topological polar surface area (TPSA) is 58.4 Å². The molecule has 0 bridgehead atoms. The predicted molar refractivity (Wildman–Crippen MR) is 100 cm³/mol. The highest BCUT2D eigenvalue weighted by atomic mass is 16.3. The molecule has 2 aromatic carbocycles. The quantitative estimate of drug-likeness (QED) is 0.769. The maximum atomic E-state index is 12.9. The lowest BCUT2D eigenvalue weighted by Crippen LogP contribution is -2.31. The van der Waals surface area contributed by atoms with Gasteiger partial charge in [-0.25, -0.2) is 4.98 Å². The van der Waals surface area contributed by atoms with E-state index in [4.69, 9.17) is 0 Å². The number of carbonyl (C=O) groups excluding carboxylic acids is 1. The van der Waals surface area contributed by atoms with Gasteiger partial charge in [0, 0.05) is 19.5 Å². The largest absolute Gasteiger partial charge is 0.388 e. The molecule has 0 aliphatic carbocycles. The number of likely N-dealkylation sites (tertiary alicyclic amines) is 1. The first kappa shape index (κ1) is 16.8. The van der Waals surface area contributed by atoms with Gasteiger partial charge >= 0.3 is 0 Å². The number of aromatic nitrogens is 2. The van der Waals surface area contributed by atoms with E-state index in [0.29, 0.717) is 18.8 Å². The Bertz CT molecular complexity index is 904. The minimum atomic E-state index is -0.126. The van der Waals surface area contributed by atoms with E-state index in [-0.39, 0.29) is 18.6 Å². The normalized spacial score (nSPS) is 17.1. The minimum Gasteiger partial charge on any atom is -0.388 e. The van der Waals surface area contributed by atoms with Crippen molar-refractivity contribution in [2.24, 2.45) is 0 Å². The van der Waals surface area contributed by atoms with Crippen LogP contribution in [0.1, 0.15) is 36.7 Å². The Balaban J connectivity index is 1.51. The van der Waals surface area contributed by atoms with Crippen LogP contribution >= 0.6 is 0 Å². The number of hydrogen-bond donors (Lipinski definition) is 1. The molecule has 1 aliphatic heterocycles. The van der Waals surface area contributed by atoms with Gasteiger partial charge in [-0.05, 0) is 30.5 Å². The van der Waals surface area contributed by atoms with Crippen molar-refractivity contribution in [2.75, 3.05) is 6.54 Å². The van der Waals surface area contributed by atoms with E-state index in [1.54, 1.807) is 0 Å².